The van der Waals surface area contributed by atoms with Crippen molar-refractivity contribution in [2.45, 2.75) is 63.5 Å². The molecule has 2 unspecified atom stereocenters. The van der Waals surface area contributed by atoms with Crippen molar-refractivity contribution in [3.63, 3.8) is 0 Å². The zero-order valence-corrected chi connectivity index (χ0v) is 16.6. The second kappa shape index (κ2) is 4.95. The SMILES string of the molecule is C[C@@H]1CC2C3C[C@H](F)C4=CC(=O)C=C[C@]4(C)[C@@]34O[C@@H]4C[C@]2(C)[C@@]1(O)C(=O)S. The maximum absolute atomic E-state index is 15.3. The summed E-state index contributed by atoms with van der Waals surface area (Å²) < 4.78 is 21.6. The van der Waals surface area contributed by atoms with Crippen molar-refractivity contribution in [2.24, 2.45) is 28.6 Å². The zero-order valence-electron chi connectivity index (χ0n) is 15.7. The van der Waals surface area contributed by atoms with Gasteiger partial charge in [0.05, 0.1) is 6.10 Å². The first-order valence-electron chi connectivity index (χ1n) is 9.75. The minimum Gasteiger partial charge on any atom is -0.380 e. The number of fused-ring (bicyclic) bond motifs is 3. The van der Waals surface area contributed by atoms with Gasteiger partial charge in [-0.2, -0.15) is 0 Å². The number of allylic oxidation sites excluding steroid dienone is 2. The summed E-state index contributed by atoms with van der Waals surface area (Å²) >= 11 is 4.03. The molecule has 5 rings (SSSR count). The zero-order chi connectivity index (χ0) is 19.6. The van der Waals surface area contributed by atoms with E-state index in [1.807, 2.05) is 26.8 Å². The average Bonchev–Trinajstić information content (AvgIpc) is 3.27. The van der Waals surface area contributed by atoms with E-state index >= 15 is 4.39 Å². The van der Waals surface area contributed by atoms with E-state index in [2.05, 4.69) is 12.6 Å². The normalized spacial score (nSPS) is 57.9. The number of rotatable bonds is 1. The highest BCUT2D eigenvalue weighted by Gasteiger charge is 2.82. The van der Waals surface area contributed by atoms with Crippen LogP contribution in [0.3, 0.4) is 0 Å². The van der Waals surface area contributed by atoms with Crippen LogP contribution in [0, 0.1) is 28.6 Å². The highest BCUT2D eigenvalue weighted by Crippen LogP contribution is 2.76. The van der Waals surface area contributed by atoms with Crippen LogP contribution >= 0.6 is 12.6 Å². The van der Waals surface area contributed by atoms with Crippen molar-refractivity contribution >= 4 is 23.5 Å². The van der Waals surface area contributed by atoms with Crippen molar-refractivity contribution in [3.8, 4) is 0 Å². The Labute approximate surface area is 163 Å². The van der Waals surface area contributed by atoms with E-state index < -0.39 is 33.3 Å². The fraction of sp³-hybridized carbons (Fsp3) is 0.714. The summed E-state index contributed by atoms with van der Waals surface area (Å²) in [5.74, 6) is -0.559. The minimum atomic E-state index is -1.53. The third kappa shape index (κ3) is 1.75. The Kier molecular flexibility index (Phi) is 3.31. The van der Waals surface area contributed by atoms with Crippen LogP contribution < -0.4 is 0 Å². The Morgan fingerprint density at radius 1 is 1.33 bits per heavy atom. The van der Waals surface area contributed by atoms with Gasteiger partial charge in [-0.25, -0.2) is 4.39 Å². The van der Waals surface area contributed by atoms with E-state index in [1.165, 1.54) is 12.2 Å². The predicted octanol–water partition coefficient (Wildman–Crippen LogP) is 2.81. The van der Waals surface area contributed by atoms with E-state index in [9.17, 15) is 14.7 Å². The van der Waals surface area contributed by atoms with Crippen molar-refractivity contribution in [1.82, 2.24) is 0 Å². The van der Waals surface area contributed by atoms with E-state index in [0.29, 0.717) is 18.4 Å². The number of halogens is 1. The summed E-state index contributed by atoms with van der Waals surface area (Å²) in [4.78, 5) is 24.2. The fourth-order valence-corrected chi connectivity index (χ4v) is 7.91. The van der Waals surface area contributed by atoms with Gasteiger partial charge in [0.25, 0.3) is 0 Å². The maximum Gasteiger partial charge on any atom is 0.218 e. The van der Waals surface area contributed by atoms with Crippen LogP contribution in [-0.2, 0) is 14.3 Å². The van der Waals surface area contributed by atoms with E-state index in [-0.39, 0.29) is 36.1 Å². The number of carbonyl (C=O) groups is 2. The van der Waals surface area contributed by atoms with Crippen molar-refractivity contribution in [2.75, 3.05) is 0 Å². The topological polar surface area (TPSA) is 66.9 Å². The van der Waals surface area contributed by atoms with Gasteiger partial charge in [0.2, 0.25) is 5.12 Å². The summed E-state index contributed by atoms with van der Waals surface area (Å²) in [5, 5.41) is 10.9. The Hall–Kier alpha value is -0.980. The third-order valence-corrected chi connectivity index (χ3v) is 9.17. The molecule has 1 spiro atoms. The van der Waals surface area contributed by atoms with Crippen molar-refractivity contribution in [3.05, 3.63) is 23.8 Å². The fourth-order valence-electron chi connectivity index (χ4n) is 7.43. The number of hydrogen-bond donors (Lipinski definition) is 2. The van der Waals surface area contributed by atoms with Gasteiger partial charge < -0.3 is 9.84 Å². The first-order valence-corrected chi connectivity index (χ1v) is 10.2. The molecule has 9 atom stereocenters. The number of ketones is 1. The van der Waals surface area contributed by atoms with Crippen LogP contribution in [0.2, 0.25) is 0 Å². The predicted molar refractivity (Wildman–Crippen MR) is 99.9 cm³/mol. The first kappa shape index (κ1) is 18.1. The van der Waals surface area contributed by atoms with Gasteiger partial charge in [0.15, 0.2) is 5.78 Å². The van der Waals surface area contributed by atoms with Crippen LogP contribution in [0.15, 0.2) is 23.8 Å². The molecule has 1 saturated heterocycles. The van der Waals surface area contributed by atoms with Crippen LogP contribution in [0.25, 0.3) is 0 Å². The van der Waals surface area contributed by atoms with Crippen molar-refractivity contribution in [1.29, 1.82) is 0 Å². The number of ether oxygens (including phenoxy) is 1. The molecule has 6 heteroatoms. The summed E-state index contributed by atoms with van der Waals surface area (Å²) in [6.45, 7) is 5.80. The molecule has 1 N–H and O–H groups in total. The maximum atomic E-state index is 15.3. The summed E-state index contributed by atoms with van der Waals surface area (Å²) in [6.07, 6.45) is 4.85. The summed E-state index contributed by atoms with van der Waals surface area (Å²) in [6, 6.07) is 0. The average molecular weight is 392 g/mol. The lowest BCUT2D eigenvalue weighted by Crippen LogP contribution is -2.62. The number of carbonyl (C=O) groups excluding carboxylic acids is 2. The van der Waals surface area contributed by atoms with Crippen LogP contribution in [0.5, 0.6) is 0 Å². The molecule has 1 heterocycles. The third-order valence-electron chi connectivity index (χ3n) is 8.83. The van der Waals surface area contributed by atoms with Gasteiger partial charge in [0.1, 0.15) is 17.4 Å². The molecule has 4 fully saturated rings. The minimum absolute atomic E-state index is 0.0324. The summed E-state index contributed by atoms with van der Waals surface area (Å²) in [7, 11) is 0. The molecular formula is C21H25FO4S. The van der Waals surface area contributed by atoms with Gasteiger partial charge >= 0.3 is 0 Å². The second-order valence-electron chi connectivity index (χ2n) is 9.68. The lowest BCUT2D eigenvalue weighted by molar-refractivity contribution is -0.153. The Bertz CT molecular complexity index is 838. The quantitative estimate of drug-likeness (QED) is 0.532. The molecule has 0 radical (unpaired) electrons. The van der Waals surface area contributed by atoms with Crippen LogP contribution in [-0.4, -0.2) is 39.5 Å². The van der Waals surface area contributed by atoms with Gasteiger partial charge in [-0.3, -0.25) is 9.59 Å². The lowest BCUT2D eigenvalue weighted by Gasteiger charge is -2.56. The largest absolute Gasteiger partial charge is 0.380 e. The molecule has 4 aliphatic carbocycles. The number of thiol groups is 1. The monoisotopic (exact) mass is 392 g/mol. The van der Waals surface area contributed by atoms with E-state index in [4.69, 9.17) is 4.74 Å². The number of alkyl halides is 1. The van der Waals surface area contributed by atoms with E-state index in [1.54, 1.807) is 0 Å². The van der Waals surface area contributed by atoms with Gasteiger partial charge in [0, 0.05) is 10.8 Å². The molecule has 0 amide bonds. The first-order chi connectivity index (χ1) is 12.5. The molecule has 4 nitrogen and oxygen atoms in total. The molecule has 0 aromatic carbocycles. The molecule has 0 bridgehead atoms. The molecule has 0 aromatic heterocycles. The van der Waals surface area contributed by atoms with Crippen LogP contribution in [0.4, 0.5) is 4.39 Å². The van der Waals surface area contributed by atoms with Gasteiger partial charge in [-0.1, -0.05) is 19.9 Å². The molecule has 3 saturated carbocycles. The smallest absolute Gasteiger partial charge is 0.218 e. The molecule has 146 valence electrons. The van der Waals surface area contributed by atoms with E-state index in [0.717, 1.165) is 0 Å². The Morgan fingerprint density at radius 2 is 2.04 bits per heavy atom. The highest BCUT2D eigenvalue weighted by atomic mass is 32.1. The Balaban J connectivity index is 1.64. The van der Waals surface area contributed by atoms with Gasteiger partial charge in [-0.05, 0) is 61.7 Å². The van der Waals surface area contributed by atoms with Crippen LogP contribution in [0.1, 0.15) is 40.0 Å². The molecule has 0 aromatic rings. The number of epoxide rings is 1. The number of aliphatic hydroxyl groups is 1. The Morgan fingerprint density at radius 3 is 2.70 bits per heavy atom. The molecule has 27 heavy (non-hydrogen) atoms. The second-order valence-corrected chi connectivity index (χ2v) is 10.1. The highest BCUT2D eigenvalue weighted by molar-refractivity contribution is 7.96. The van der Waals surface area contributed by atoms with Crippen molar-refractivity contribution < 1.29 is 23.8 Å². The molecular weight excluding hydrogens is 367 g/mol. The standard InChI is InChI=1S/C21H25FO4S/c1-10-6-12-13-8-15(22)14-7-11(23)4-5-18(14,2)21(13)16(26-21)9-19(12,3)20(10,25)17(24)27/h4-5,7,10,12-13,15-16,25H,6,8-9H2,1-3H3,(H,24,27)/t10-,12?,13?,15+,16-,18+,19+,20+,21-/m1/s1. The van der Waals surface area contributed by atoms with Gasteiger partial charge in [-0.15, -0.1) is 12.6 Å². The molecule has 5 aliphatic rings. The lowest BCUT2D eigenvalue weighted by atomic mass is 9.46. The number of hydrogen-bond acceptors (Lipinski definition) is 4. The molecule has 1 aliphatic heterocycles. The summed E-state index contributed by atoms with van der Waals surface area (Å²) in [5.41, 5.74) is -2.91.